The maximum absolute atomic E-state index is 13.9. The van der Waals surface area contributed by atoms with Crippen LogP contribution >= 0.6 is 11.3 Å². The van der Waals surface area contributed by atoms with Crippen molar-refractivity contribution in [3.05, 3.63) is 51.7 Å². The van der Waals surface area contributed by atoms with E-state index in [4.69, 9.17) is 0 Å². The number of halogens is 1. The highest BCUT2D eigenvalue weighted by Crippen LogP contribution is 2.33. The van der Waals surface area contributed by atoms with Crippen molar-refractivity contribution in [1.29, 1.82) is 0 Å². The molecule has 0 bridgehead atoms. The molecule has 3 aromatic rings. The van der Waals surface area contributed by atoms with Crippen LogP contribution in [0.2, 0.25) is 0 Å². The Labute approximate surface area is 120 Å². The molecule has 20 heavy (non-hydrogen) atoms. The van der Waals surface area contributed by atoms with Crippen molar-refractivity contribution in [2.24, 2.45) is 7.05 Å². The van der Waals surface area contributed by atoms with E-state index in [0.29, 0.717) is 5.52 Å². The summed E-state index contributed by atoms with van der Waals surface area (Å²) in [4.78, 5) is 5.95. The van der Waals surface area contributed by atoms with Gasteiger partial charge in [0, 0.05) is 18.5 Å². The molecule has 1 aliphatic heterocycles. The van der Waals surface area contributed by atoms with E-state index in [9.17, 15) is 4.39 Å². The smallest absolute Gasteiger partial charge is 0.151 e. The van der Waals surface area contributed by atoms with Crippen LogP contribution in [0.1, 0.15) is 22.3 Å². The molecule has 1 aromatic carbocycles. The number of benzene rings is 1. The van der Waals surface area contributed by atoms with Crippen LogP contribution in [0.5, 0.6) is 0 Å². The molecule has 0 saturated heterocycles. The van der Waals surface area contributed by atoms with E-state index in [0.717, 1.165) is 24.3 Å². The van der Waals surface area contributed by atoms with Crippen LogP contribution in [0.25, 0.3) is 11.0 Å². The summed E-state index contributed by atoms with van der Waals surface area (Å²) in [6.07, 6.45) is 1.06. The van der Waals surface area contributed by atoms with Crippen LogP contribution in [0.15, 0.2) is 29.6 Å². The highest BCUT2D eigenvalue weighted by Gasteiger charge is 2.26. The second-order valence-corrected chi connectivity index (χ2v) is 6.07. The molecule has 1 aliphatic rings. The highest BCUT2D eigenvalue weighted by molar-refractivity contribution is 7.10. The third-order valence-electron chi connectivity index (χ3n) is 3.95. The first-order valence-corrected chi connectivity index (χ1v) is 7.54. The van der Waals surface area contributed by atoms with E-state index in [1.807, 2.05) is 17.7 Å². The minimum Gasteiger partial charge on any atom is -0.329 e. The molecule has 1 N–H and O–H groups in total. The minimum atomic E-state index is -0.259. The van der Waals surface area contributed by atoms with Gasteiger partial charge in [-0.2, -0.15) is 0 Å². The summed E-state index contributed by atoms with van der Waals surface area (Å²) < 4.78 is 15.9. The van der Waals surface area contributed by atoms with Crippen LogP contribution in [0.4, 0.5) is 4.39 Å². The maximum Gasteiger partial charge on any atom is 0.151 e. The molecule has 0 amide bonds. The molecular formula is C15H14FN3S. The SMILES string of the molecule is Cn1c(C2NCCc3sccc32)nc2c(F)cccc21. The van der Waals surface area contributed by atoms with Crippen molar-refractivity contribution in [1.82, 2.24) is 14.9 Å². The standard InChI is InChI=1S/C15H14FN3S/c1-19-11-4-2-3-10(16)14(11)18-15(19)13-9-6-8-20-12(9)5-7-17-13/h2-4,6,8,13,17H,5,7H2,1H3. The molecule has 0 aliphatic carbocycles. The average molecular weight is 287 g/mol. The van der Waals surface area contributed by atoms with Crippen molar-refractivity contribution in [2.45, 2.75) is 12.5 Å². The fourth-order valence-electron chi connectivity index (χ4n) is 2.94. The molecule has 1 unspecified atom stereocenters. The van der Waals surface area contributed by atoms with Crippen LogP contribution < -0.4 is 5.32 Å². The van der Waals surface area contributed by atoms with E-state index in [1.165, 1.54) is 16.5 Å². The van der Waals surface area contributed by atoms with Gasteiger partial charge in [-0.25, -0.2) is 9.37 Å². The Morgan fingerprint density at radius 1 is 1.40 bits per heavy atom. The molecule has 0 saturated carbocycles. The monoisotopic (exact) mass is 287 g/mol. The lowest BCUT2D eigenvalue weighted by Crippen LogP contribution is -2.31. The summed E-state index contributed by atoms with van der Waals surface area (Å²) in [6.45, 7) is 0.934. The van der Waals surface area contributed by atoms with Gasteiger partial charge in [0.25, 0.3) is 0 Å². The molecule has 0 spiro atoms. The van der Waals surface area contributed by atoms with Gasteiger partial charge in [0.05, 0.1) is 11.6 Å². The highest BCUT2D eigenvalue weighted by atomic mass is 32.1. The Morgan fingerprint density at radius 2 is 2.30 bits per heavy atom. The molecule has 1 atom stereocenters. The number of aryl methyl sites for hydroxylation is 1. The van der Waals surface area contributed by atoms with Crippen molar-refractivity contribution in [2.75, 3.05) is 6.54 Å². The Kier molecular flexibility index (Phi) is 2.65. The number of imidazole rings is 1. The summed E-state index contributed by atoms with van der Waals surface area (Å²) >= 11 is 1.79. The number of fused-ring (bicyclic) bond motifs is 2. The molecule has 102 valence electrons. The first kappa shape index (κ1) is 12.1. The number of hydrogen-bond acceptors (Lipinski definition) is 3. The van der Waals surface area contributed by atoms with E-state index in [2.05, 4.69) is 21.7 Å². The molecule has 4 rings (SSSR count). The molecule has 0 fully saturated rings. The van der Waals surface area contributed by atoms with Gasteiger partial charge in [0.1, 0.15) is 11.3 Å². The Morgan fingerprint density at radius 3 is 3.15 bits per heavy atom. The number of aromatic nitrogens is 2. The number of nitrogens with one attached hydrogen (secondary N) is 1. The first-order valence-electron chi connectivity index (χ1n) is 6.66. The summed E-state index contributed by atoms with van der Waals surface area (Å²) in [5, 5.41) is 5.62. The Bertz CT molecular complexity index is 790. The zero-order chi connectivity index (χ0) is 13.7. The topological polar surface area (TPSA) is 29.9 Å². The normalized spacial score (nSPS) is 18.4. The average Bonchev–Trinajstić information content (AvgIpc) is 3.05. The second-order valence-electron chi connectivity index (χ2n) is 5.07. The predicted molar refractivity (Wildman–Crippen MR) is 78.5 cm³/mol. The number of para-hydroxylation sites is 1. The number of nitrogens with zero attached hydrogens (tertiary/aromatic N) is 2. The van der Waals surface area contributed by atoms with Gasteiger partial charge in [0.2, 0.25) is 0 Å². The van der Waals surface area contributed by atoms with Gasteiger partial charge in [-0.15, -0.1) is 11.3 Å². The number of rotatable bonds is 1. The van der Waals surface area contributed by atoms with Crippen molar-refractivity contribution in [3.8, 4) is 0 Å². The van der Waals surface area contributed by atoms with Crippen molar-refractivity contribution >= 4 is 22.4 Å². The maximum atomic E-state index is 13.9. The lowest BCUT2D eigenvalue weighted by atomic mass is 10.0. The summed E-state index contributed by atoms with van der Waals surface area (Å²) in [7, 11) is 1.95. The third-order valence-corrected chi connectivity index (χ3v) is 4.94. The van der Waals surface area contributed by atoms with E-state index < -0.39 is 0 Å². The minimum absolute atomic E-state index is 0.0572. The zero-order valence-corrected chi connectivity index (χ0v) is 11.9. The third kappa shape index (κ3) is 1.63. The van der Waals surface area contributed by atoms with E-state index in [-0.39, 0.29) is 11.9 Å². The van der Waals surface area contributed by atoms with Gasteiger partial charge in [-0.1, -0.05) is 6.07 Å². The van der Waals surface area contributed by atoms with Crippen molar-refractivity contribution < 1.29 is 4.39 Å². The van der Waals surface area contributed by atoms with Gasteiger partial charge in [-0.3, -0.25) is 0 Å². The van der Waals surface area contributed by atoms with Crippen LogP contribution in [-0.4, -0.2) is 16.1 Å². The fourth-order valence-corrected chi connectivity index (χ4v) is 3.86. The van der Waals surface area contributed by atoms with Crippen LogP contribution in [0.3, 0.4) is 0 Å². The van der Waals surface area contributed by atoms with Gasteiger partial charge in [0.15, 0.2) is 5.82 Å². The molecule has 3 nitrogen and oxygen atoms in total. The van der Waals surface area contributed by atoms with Gasteiger partial charge >= 0.3 is 0 Å². The summed E-state index contributed by atoms with van der Waals surface area (Å²) in [5.41, 5.74) is 2.57. The lowest BCUT2D eigenvalue weighted by Gasteiger charge is -2.23. The summed E-state index contributed by atoms with van der Waals surface area (Å²) in [6, 6.07) is 7.30. The first-order chi connectivity index (χ1) is 9.75. The van der Waals surface area contributed by atoms with E-state index >= 15 is 0 Å². The van der Waals surface area contributed by atoms with Gasteiger partial charge < -0.3 is 9.88 Å². The van der Waals surface area contributed by atoms with Crippen LogP contribution in [0, 0.1) is 5.82 Å². The second kappa shape index (κ2) is 4.40. The zero-order valence-electron chi connectivity index (χ0n) is 11.1. The van der Waals surface area contributed by atoms with Crippen molar-refractivity contribution in [3.63, 3.8) is 0 Å². The van der Waals surface area contributed by atoms with E-state index in [1.54, 1.807) is 17.4 Å². The van der Waals surface area contributed by atoms with Gasteiger partial charge in [-0.05, 0) is 35.6 Å². The Balaban J connectivity index is 1.92. The molecular weight excluding hydrogens is 273 g/mol. The number of hydrogen-bond donors (Lipinski definition) is 1. The lowest BCUT2D eigenvalue weighted by molar-refractivity contribution is 0.537. The largest absolute Gasteiger partial charge is 0.329 e. The fraction of sp³-hybridized carbons (Fsp3) is 0.267. The molecule has 3 heterocycles. The molecule has 2 aromatic heterocycles. The Hall–Kier alpha value is -1.72. The predicted octanol–water partition coefficient (Wildman–Crippen LogP) is 3.01. The van der Waals surface area contributed by atoms with Crippen LogP contribution in [-0.2, 0) is 13.5 Å². The number of thiophene rings is 1. The quantitative estimate of drug-likeness (QED) is 0.745. The molecule has 0 radical (unpaired) electrons. The summed E-state index contributed by atoms with van der Waals surface area (Å²) in [5.74, 6) is 0.621. The molecule has 5 heteroatoms.